The van der Waals surface area contributed by atoms with Crippen LogP contribution in [0.4, 0.5) is 0 Å². The summed E-state index contributed by atoms with van der Waals surface area (Å²) in [4.78, 5) is 2.42. The van der Waals surface area contributed by atoms with Crippen molar-refractivity contribution in [3.05, 3.63) is 0 Å². The van der Waals surface area contributed by atoms with Crippen LogP contribution in [0.15, 0.2) is 0 Å². The SMILES string of the molecule is CCN1CCOC(CNCCC(C)S(C)=O)C1. The van der Waals surface area contributed by atoms with E-state index in [0.29, 0.717) is 6.10 Å². The van der Waals surface area contributed by atoms with E-state index in [1.54, 1.807) is 6.26 Å². The highest BCUT2D eigenvalue weighted by atomic mass is 32.2. The van der Waals surface area contributed by atoms with Crippen molar-refractivity contribution in [1.82, 2.24) is 10.2 Å². The van der Waals surface area contributed by atoms with Gasteiger partial charge in [0.15, 0.2) is 0 Å². The molecule has 0 aromatic heterocycles. The van der Waals surface area contributed by atoms with E-state index in [2.05, 4.69) is 17.1 Å². The maximum atomic E-state index is 11.2. The molecule has 1 saturated heterocycles. The average molecular weight is 262 g/mol. The molecule has 3 atom stereocenters. The number of hydrogen-bond donors (Lipinski definition) is 1. The minimum Gasteiger partial charge on any atom is -0.374 e. The van der Waals surface area contributed by atoms with Crippen molar-refractivity contribution in [1.29, 1.82) is 0 Å². The summed E-state index contributed by atoms with van der Waals surface area (Å²) in [5.74, 6) is 0. The van der Waals surface area contributed by atoms with Gasteiger partial charge >= 0.3 is 0 Å². The van der Waals surface area contributed by atoms with Crippen molar-refractivity contribution in [2.75, 3.05) is 45.6 Å². The Hall–Kier alpha value is 0.0300. The Balaban J connectivity index is 2.08. The zero-order valence-corrected chi connectivity index (χ0v) is 12.1. The van der Waals surface area contributed by atoms with Gasteiger partial charge in [0.05, 0.1) is 12.7 Å². The third kappa shape index (κ3) is 5.95. The highest BCUT2D eigenvalue weighted by Gasteiger charge is 2.18. The van der Waals surface area contributed by atoms with Crippen molar-refractivity contribution >= 4 is 10.8 Å². The molecule has 1 aliphatic heterocycles. The van der Waals surface area contributed by atoms with E-state index in [1.807, 2.05) is 6.92 Å². The fraction of sp³-hybridized carbons (Fsp3) is 1.00. The van der Waals surface area contributed by atoms with Crippen LogP contribution in [0.1, 0.15) is 20.3 Å². The van der Waals surface area contributed by atoms with Gasteiger partial charge in [-0.2, -0.15) is 0 Å². The number of rotatable bonds is 7. The molecule has 1 aliphatic rings. The highest BCUT2D eigenvalue weighted by molar-refractivity contribution is 7.84. The van der Waals surface area contributed by atoms with E-state index in [1.165, 1.54) is 0 Å². The molecule has 17 heavy (non-hydrogen) atoms. The van der Waals surface area contributed by atoms with Gasteiger partial charge < -0.3 is 10.1 Å². The van der Waals surface area contributed by atoms with Gasteiger partial charge in [-0.05, 0) is 19.5 Å². The molecule has 1 fully saturated rings. The molecule has 0 aromatic rings. The second kappa shape index (κ2) is 8.19. The maximum Gasteiger partial charge on any atom is 0.0826 e. The van der Waals surface area contributed by atoms with Gasteiger partial charge in [-0.25, -0.2) is 0 Å². The monoisotopic (exact) mass is 262 g/mol. The fourth-order valence-corrected chi connectivity index (χ4v) is 2.38. The Morgan fingerprint density at radius 1 is 1.59 bits per heavy atom. The predicted molar refractivity (Wildman–Crippen MR) is 72.9 cm³/mol. The first-order valence-corrected chi connectivity index (χ1v) is 8.12. The van der Waals surface area contributed by atoms with Crippen molar-refractivity contribution in [2.24, 2.45) is 0 Å². The van der Waals surface area contributed by atoms with Gasteiger partial charge in [-0.15, -0.1) is 0 Å². The van der Waals surface area contributed by atoms with E-state index in [9.17, 15) is 4.21 Å². The lowest BCUT2D eigenvalue weighted by molar-refractivity contribution is -0.0251. The summed E-state index contributed by atoms with van der Waals surface area (Å²) >= 11 is 0. The molecule has 1 rings (SSSR count). The van der Waals surface area contributed by atoms with Crippen LogP contribution < -0.4 is 5.32 Å². The van der Waals surface area contributed by atoms with Gasteiger partial charge in [0.2, 0.25) is 0 Å². The summed E-state index contributed by atoms with van der Waals surface area (Å²) in [5.41, 5.74) is 0. The quantitative estimate of drug-likeness (QED) is 0.677. The van der Waals surface area contributed by atoms with Gasteiger partial charge in [-0.3, -0.25) is 9.11 Å². The molecule has 1 N–H and O–H groups in total. The molecule has 5 heteroatoms. The number of hydrogen-bond acceptors (Lipinski definition) is 4. The van der Waals surface area contributed by atoms with E-state index < -0.39 is 10.8 Å². The summed E-state index contributed by atoms with van der Waals surface area (Å²) < 4.78 is 16.9. The summed E-state index contributed by atoms with van der Waals surface area (Å²) in [5, 5.41) is 3.68. The van der Waals surface area contributed by atoms with Gasteiger partial charge in [0.25, 0.3) is 0 Å². The van der Waals surface area contributed by atoms with Crippen LogP contribution in [0.25, 0.3) is 0 Å². The molecule has 102 valence electrons. The van der Waals surface area contributed by atoms with Crippen molar-refractivity contribution in [2.45, 2.75) is 31.6 Å². The Kier molecular flexibility index (Phi) is 7.27. The van der Waals surface area contributed by atoms with E-state index in [0.717, 1.165) is 45.8 Å². The first-order valence-electron chi connectivity index (χ1n) is 6.50. The molecule has 0 amide bonds. The summed E-state index contributed by atoms with van der Waals surface area (Å²) in [6, 6.07) is 0. The molecule has 0 bridgehead atoms. The topological polar surface area (TPSA) is 41.6 Å². The third-order valence-corrected chi connectivity index (χ3v) is 4.71. The van der Waals surface area contributed by atoms with Gasteiger partial charge in [0.1, 0.15) is 0 Å². The molecular weight excluding hydrogens is 236 g/mol. The molecule has 0 aliphatic carbocycles. The smallest absolute Gasteiger partial charge is 0.0826 e. The minimum atomic E-state index is -0.705. The van der Waals surface area contributed by atoms with Gasteiger partial charge in [0, 0.05) is 41.9 Å². The number of likely N-dealkylation sites (N-methyl/N-ethyl adjacent to an activating group) is 1. The van der Waals surface area contributed by atoms with Crippen molar-refractivity contribution in [3.63, 3.8) is 0 Å². The number of ether oxygens (including phenoxy) is 1. The van der Waals surface area contributed by atoms with Gasteiger partial charge in [-0.1, -0.05) is 13.8 Å². The second-order valence-corrected chi connectivity index (χ2v) is 6.49. The largest absolute Gasteiger partial charge is 0.374 e. The van der Waals surface area contributed by atoms with E-state index >= 15 is 0 Å². The zero-order valence-electron chi connectivity index (χ0n) is 11.3. The zero-order chi connectivity index (χ0) is 12.7. The summed E-state index contributed by atoms with van der Waals surface area (Å²) in [6.07, 6.45) is 3.05. The first kappa shape index (κ1) is 15.1. The maximum absolute atomic E-state index is 11.2. The first-order chi connectivity index (χ1) is 8.13. The van der Waals surface area contributed by atoms with Crippen LogP contribution in [-0.2, 0) is 15.5 Å². The number of nitrogens with zero attached hydrogens (tertiary/aromatic N) is 1. The molecule has 3 unspecified atom stereocenters. The highest BCUT2D eigenvalue weighted by Crippen LogP contribution is 2.04. The summed E-state index contributed by atoms with van der Waals surface area (Å²) in [7, 11) is -0.705. The van der Waals surface area contributed by atoms with Crippen LogP contribution in [-0.4, -0.2) is 66.0 Å². The van der Waals surface area contributed by atoms with Crippen LogP contribution >= 0.6 is 0 Å². The second-order valence-electron chi connectivity index (χ2n) is 4.69. The molecule has 4 nitrogen and oxygen atoms in total. The van der Waals surface area contributed by atoms with Crippen molar-refractivity contribution in [3.8, 4) is 0 Å². The average Bonchev–Trinajstić information content (AvgIpc) is 2.34. The van der Waals surface area contributed by atoms with E-state index in [4.69, 9.17) is 4.74 Å². The van der Waals surface area contributed by atoms with Crippen LogP contribution in [0, 0.1) is 0 Å². The summed E-state index contributed by atoms with van der Waals surface area (Å²) in [6.45, 7) is 10.1. The number of morpholine rings is 1. The van der Waals surface area contributed by atoms with Crippen LogP contribution in [0.5, 0.6) is 0 Å². The molecule has 1 heterocycles. The Bertz CT molecular complexity index is 239. The van der Waals surface area contributed by atoms with Crippen LogP contribution in [0.3, 0.4) is 0 Å². The lowest BCUT2D eigenvalue weighted by Gasteiger charge is -2.32. The molecule has 0 saturated carbocycles. The van der Waals surface area contributed by atoms with E-state index in [-0.39, 0.29) is 5.25 Å². The third-order valence-electron chi connectivity index (χ3n) is 3.34. The molecular formula is C12H26N2O2S. The lowest BCUT2D eigenvalue weighted by Crippen LogP contribution is -2.46. The van der Waals surface area contributed by atoms with Crippen molar-refractivity contribution < 1.29 is 8.95 Å². The molecule has 0 aromatic carbocycles. The Labute approximate surface area is 108 Å². The lowest BCUT2D eigenvalue weighted by atomic mass is 10.2. The Morgan fingerprint density at radius 3 is 3.00 bits per heavy atom. The standard InChI is InChI=1S/C12H26N2O2S/c1-4-14-7-8-16-12(10-14)9-13-6-5-11(2)17(3)15/h11-13H,4-10H2,1-3H3. The normalized spacial score (nSPS) is 25.7. The predicted octanol–water partition coefficient (Wildman–Crippen LogP) is 0.454. The Morgan fingerprint density at radius 2 is 2.35 bits per heavy atom. The fourth-order valence-electron chi connectivity index (χ4n) is 1.93. The molecule has 0 spiro atoms. The number of nitrogens with one attached hydrogen (secondary N) is 1. The minimum absolute atomic E-state index is 0.280. The molecule has 0 radical (unpaired) electrons. The van der Waals surface area contributed by atoms with Crippen LogP contribution in [0.2, 0.25) is 0 Å².